The zero-order valence-corrected chi connectivity index (χ0v) is 11.6. The van der Waals surface area contributed by atoms with Gasteiger partial charge in [-0.15, -0.1) is 0 Å². The third-order valence-electron chi connectivity index (χ3n) is 2.48. The van der Waals surface area contributed by atoms with E-state index in [0.717, 1.165) is 0 Å². The largest absolute Gasteiger partial charge is 0.338 e. The van der Waals surface area contributed by atoms with Crippen LogP contribution in [0.15, 0.2) is 24.3 Å². The second-order valence-electron chi connectivity index (χ2n) is 4.72. The van der Waals surface area contributed by atoms with Crippen LogP contribution in [0.25, 0.3) is 0 Å². The molecule has 4 nitrogen and oxygen atoms in total. The molecule has 1 aromatic rings. The molecule has 0 fully saturated rings. The molecule has 0 aliphatic heterocycles. The first-order valence-corrected chi connectivity index (χ1v) is 6.23. The van der Waals surface area contributed by atoms with E-state index in [4.69, 9.17) is 16.9 Å². The lowest BCUT2D eigenvalue weighted by molar-refractivity contribution is -0.122. The van der Waals surface area contributed by atoms with Crippen molar-refractivity contribution in [3.05, 3.63) is 34.9 Å². The summed E-state index contributed by atoms with van der Waals surface area (Å²) in [4.78, 5) is 23.4. The number of amides is 1. The summed E-state index contributed by atoms with van der Waals surface area (Å²) in [6, 6.07) is 8.48. The minimum absolute atomic E-state index is 0.0621. The zero-order chi connectivity index (χ0) is 14.5. The minimum Gasteiger partial charge on any atom is -0.338 e. The Morgan fingerprint density at radius 3 is 2.37 bits per heavy atom. The van der Waals surface area contributed by atoms with E-state index >= 15 is 0 Å². The molecule has 0 saturated carbocycles. The average molecular weight is 279 g/mol. The molecule has 0 saturated heterocycles. The normalized spacial score (nSPS) is 10.6. The second kappa shape index (κ2) is 6.35. The first-order valence-electron chi connectivity index (χ1n) is 5.85. The Kier molecular flexibility index (Phi) is 5.08. The highest BCUT2D eigenvalue weighted by Gasteiger charge is 2.19. The van der Waals surface area contributed by atoms with Crippen molar-refractivity contribution in [2.45, 2.75) is 32.2 Å². The average Bonchev–Trinajstić information content (AvgIpc) is 2.36. The quantitative estimate of drug-likeness (QED) is 0.842. The van der Waals surface area contributed by atoms with Gasteiger partial charge >= 0.3 is 0 Å². The van der Waals surface area contributed by atoms with Gasteiger partial charge in [0, 0.05) is 23.4 Å². The van der Waals surface area contributed by atoms with Gasteiger partial charge in [-0.25, -0.2) is 0 Å². The summed E-state index contributed by atoms with van der Waals surface area (Å²) in [5.74, 6) is -0.435. The number of benzene rings is 1. The molecular formula is C14H15ClN2O2. The lowest BCUT2D eigenvalue weighted by atomic mass is 10.0. The summed E-state index contributed by atoms with van der Waals surface area (Å²) >= 11 is 5.73. The summed E-state index contributed by atoms with van der Waals surface area (Å²) < 4.78 is 0. The van der Waals surface area contributed by atoms with E-state index in [0.29, 0.717) is 10.6 Å². The molecule has 5 heteroatoms. The predicted molar refractivity (Wildman–Crippen MR) is 72.9 cm³/mol. The summed E-state index contributed by atoms with van der Waals surface area (Å²) in [6.45, 7) is 3.21. The molecule has 0 atom stereocenters. The summed E-state index contributed by atoms with van der Waals surface area (Å²) in [5, 5.41) is 11.9. The van der Waals surface area contributed by atoms with E-state index in [9.17, 15) is 9.59 Å². The monoisotopic (exact) mass is 278 g/mol. The van der Waals surface area contributed by atoms with E-state index in [1.807, 2.05) is 6.07 Å². The minimum atomic E-state index is -0.916. The molecule has 0 heterocycles. The Balaban J connectivity index is 2.49. The number of hydrogen-bond donors (Lipinski definition) is 1. The van der Waals surface area contributed by atoms with Gasteiger partial charge in [0.2, 0.25) is 5.91 Å². The van der Waals surface area contributed by atoms with Gasteiger partial charge in [-0.05, 0) is 38.1 Å². The molecule has 1 amide bonds. The van der Waals surface area contributed by atoms with Crippen molar-refractivity contribution in [2.75, 3.05) is 0 Å². The van der Waals surface area contributed by atoms with Crippen LogP contribution in [0, 0.1) is 11.3 Å². The Morgan fingerprint density at radius 1 is 1.26 bits per heavy atom. The molecule has 0 aromatic heterocycles. The van der Waals surface area contributed by atoms with Crippen LogP contribution in [0.4, 0.5) is 0 Å². The second-order valence-corrected chi connectivity index (χ2v) is 5.15. The number of nitriles is 1. The SMILES string of the molecule is CC(C)(C#N)NC(=O)CCC(=O)c1ccc(Cl)cc1. The van der Waals surface area contributed by atoms with E-state index in [1.165, 1.54) is 0 Å². The van der Waals surface area contributed by atoms with Crippen LogP contribution < -0.4 is 5.32 Å². The van der Waals surface area contributed by atoms with Crippen molar-refractivity contribution < 1.29 is 9.59 Å². The van der Waals surface area contributed by atoms with Gasteiger partial charge < -0.3 is 5.32 Å². The first kappa shape index (κ1) is 15.2. The maximum Gasteiger partial charge on any atom is 0.221 e. The summed E-state index contributed by atoms with van der Waals surface area (Å²) in [6.07, 6.45) is 0.168. The lowest BCUT2D eigenvalue weighted by Gasteiger charge is -2.17. The molecule has 1 aromatic carbocycles. The fourth-order valence-electron chi connectivity index (χ4n) is 1.45. The highest BCUT2D eigenvalue weighted by molar-refractivity contribution is 6.30. The number of nitrogens with one attached hydrogen (secondary N) is 1. The standard InChI is InChI=1S/C14H15ClN2O2/c1-14(2,9-16)17-13(19)8-7-12(18)10-3-5-11(15)6-4-10/h3-6H,7-8H2,1-2H3,(H,17,19). The number of Topliss-reactive ketones (excluding diaryl/α,β-unsaturated/α-hetero) is 1. The van der Waals surface area contributed by atoms with Crippen LogP contribution in [0.3, 0.4) is 0 Å². The number of hydrogen-bond acceptors (Lipinski definition) is 3. The molecule has 0 aliphatic rings. The molecule has 1 rings (SSSR count). The maximum atomic E-state index is 11.8. The van der Waals surface area contributed by atoms with Crippen molar-refractivity contribution in [2.24, 2.45) is 0 Å². The predicted octanol–water partition coefficient (Wildman–Crippen LogP) is 2.72. The number of ketones is 1. The Labute approximate surface area is 117 Å². The Bertz CT molecular complexity index is 515. The highest BCUT2D eigenvalue weighted by atomic mass is 35.5. The van der Waals surface area contributed by atoms with Crippen LogP contribution in [-0.2, 0) is 4.79 Å². The van der Waals surface area contributed by atoms with Gasteiger partial charge in [0.25, 0.3) is 0 Å². The summed E-state index contributed by atoms with van der Waals surface area (Å²) in [7, 11) is 0. The number of carbonyl (C=O) groups is 2. The van der Waals surface area contributed by atoms with Crippen LogP contribution in [0.1, 0.15) is 37.0 Å². The smallest absolute Gasteiger partial charge is 0.221 e. The van der Waals surface area contributed by atoms with E-state index in [1.54, 1.807) is 38.1 Å². The number of halogens is 1. The van der Waals surface area contributed by atoms with Crippen molar-refractivity contribution in [1.29, 1.82) is 5.26 Å². The fraction of sp³-hybridized carbons (Fsp3) is 0.357. The fourth-order valence-corrected chi connectivity index (χ4v) is 1.57. The molecule has 0 radical (unpaired) electrons. The third kappa shape index (κ3) is 5.11. The Hall–Kier alpha value is -1.86. The van der Waals surface area contributed by atoms with Crippen molar-refractivity contribution in [3.63, 3.8) is 0 Å². The van der Waals surface area contributed by atoms with Crippen molar-refractivity contribution >= 4 is 23.3 Å². The number of rotatable bonds is 5. The number of nitrogens with zero attached hydrogens (tertiary/aromatic N) is 1. The van der Waals surface area contributed by atoms with E-state index < -0.39 is 5.54 Å². The first-order chi connectivity index (χ1) is 8.84. The topological polar surface area (TPSA) is 70.0 Å². The molecule has 19 heavy (non-hydrogen) atoms. The van der Waals surface area contributed by atoms with Crippen LogP contribution in [-0.4, -0.2) is 17.2 Å². The van der Waals surface area contributed by atoms with Gasteiger partial charge in [-0.1, -0.05) is 11.6 Å². The van der Waals surface area contributed by atoms with Crippen molar-refractivity contribution in [1.82, 2.24) is 5.32 Å². The molecule has 1 N–H and O–H groups in total. The summed E-state index contributed by atoms with van der Waals surface area (Å²) in [5.41, 5.74) is -0.392. The van der Waals surface area contributed by atoms with Crippen molar-refractivity contribution in [3.8, 4) is 6.07 Å². The van der Waals surface area contributed by atoms with Gasteiger partial charge in [-0.3, -0.25) is 9.59 Å². The molecule has 0 spiro atoms. The van der Waals surface area contributed by atoms with Crippen LogP contribution >= 0.6 is 11.6 Å². The lowest BCUT2D eigenvalue weighted by Crippen LogP contribution is -2.42. The number of carbonyl (C=O) groups excluding carboxylic acids is 2. The van der Waals surface area contributed by atoms with Crippen LogP contribution in [0.5, 0.6) is 0 Å². The highest BCUT2D eigenvalue weighted by Crippen LogP contribution is 2.12. The van der Waals surface area contributed by atoms with E-state index in [-0.39, 0.29) is 24.5 Å². The zero-order valence-electron chi connectivity index (χ0n) is 10.9. The molecule has 100 valence electrons. The maximum absolute atomic E-state index is 11.8. The van der Waals surface area contributed by atoms with Gasteiger partial charge in [0.15, 0.2) is 5.78 Å². The molecule has 0 aliphatic carbocycles. The van der Waals surface area contributed by atoms with E-state index in [2.05, 4.69) is 5.32 Å². The Morgan fingerprint density at radius 2 is 1.84 bits per heavy atom. The van der Waals surface area contributed by atoms with Gasteiger partial charge in [-0.2, -0.15) is 5.26 Å². The molecular weight excluding hydrogens is 264 g/mol. The third-order valence-corrected chi connectivity index (χ3v) is 2.73. The van der Waals surface area contributed by atoms with Gasteiger partial charge in [0.1, 0.15) is 5.54 Å². The van der Waals surface area contributed by atoms with Crippen LogP contribution in [0.2, 0.25) is 5.02 Å². The van der Waals surface area contributed by atoms with Gasteiger partial charge in [0.05, 0.1) is 6.07 Å². The molecule has 0 unspecified atom stereocenters. The molecule has 0 bridgehead atoms.